The molecular weight excluding hydrogens is 400 g/mol. The van der Waals surface area contributed by atoms with Crippen molar-refractivity contribution in [3.63, 3.8) is 0 Å². The summed E-state index contributed by atoms with van der Waals surface area (Å²) < 4.78 is 5.13. The predicted octanol–water partition coefficient (Wildman–Crippen LogP) is 3.28. The van der Waals surface area contributed by atoms with E-state index in [1.54, 1.807) is 11.3 Å². The molecule has 0 spiro atoms. The fourth-order valence-electron chi connectivity index (χ4n) is 4.95. The quantitative estimate of drug-likeness (QED) is 0.685. The van der Waals surface area contributed by atoms with Crippen LogP contribution in [0.5, 0.6) is 0 Å². The van der Waals surface area contributed by atoms with Crippen LogP contribution in [0.4, 0.5) is 0 Å². The number of nitrogens with zero attached hydrogens (tertiary/aromatic N) is 2. The van der Waals surface area contributed by atoms with Crippen molar-refractivity contribution in [2.75, 3.05) is 32.8 Å². The van der Waals surface area contributed by atoms with Crippen LogP contribution in [0.1, 0.15) is 65.6 Å². The molecule has 1 atom stereocenters. The number of rotatable bonds is 4. The third kappa shape index (κ3) is 4.56. The number of esters is 1. The van der Waals surface area contributed by atoms with E-state index in [4.69, 9.17) is 4.74 Å². The topological polar surface area (TPSA) is 66.9 Å². The van der Waals surface area contributed by atoms with E-state index in [0.29, 0.717) is 32.5 Å². The maximum atomic E-state index is 13.1. The van der Waals surface area contributed by atoms with E-state index in [1.165, 1.54) is 16.9 Å². The molecule has 0 bridgehead atoms. The van der Waals surface area contributed by atoms with Gasteiger partial charge in [0.05, 0.1) is 17.4 Å². The van der Waals surface area contributed by atoms with Crippen LogP contribution < -0.4 is 0 Å². The largest absolute Gasteiger partial charge is 0.466 e. The summed E-state index contributed by atoms with van der Waals surface area (Å²) in [7, 11) is 0. The highest BCUT2D eigenvalue weighted by Gasteiger charge is 2.34. The van der Waals surface area contributed by atoms with Crippen LogP contribution in [0.3, 0.4) is 0 Å². The van der Waals surface area contributed by atoms with E-state index in [1.807, 2.05) is 22.8 Å². The van der Waals surface area contributed by atoms with Gasteiger partial charge in [0.25, 0.3) is 5.91 Å². The summed E-state index contributed by atoms with van der Waals surface area (Å²) in [5.41, 5.74) is 1.19. The third-order valence-corrected chi connectivity index (χ3v) is 7.94. The van der Waals surface area contributed by atoms with E-state index in [9.17, 15) is 14.4 Å². The van der Waals surface area contributed by atoms with Crippen LogP contribution in [-0.2, 0) is 27.2 Å². The fraction of sp³-hybridized carbons (Fsp3) is 0.696. The predicted molar refractivity (Wildman–Crippen MR) is 116 cm³/mol. The Morgan fingerprint density at radius 3 is 2.43 bits per heavy atom. The lowest BCUT2D eigenvalue weighted by Gasteiger charge is -2.34. The van der Waals surface area contributed by atoms with Crippen LogP contribution in [0.15, 0.2) is 6.07 Å². The summed E-state index contributed by atoms with van der Waals surface area (Å²) in [4.78, 5) is 43.9. The van der Waals surface area contributed by atoms with E-state index >= 15 is 0 Å². The lowest BCUT2D eigenvalue weighted by Crippen LogP contribution is -2.44. The summed E-state index contributed by atoms with van der Waals surface area (Å²) in [6.45, 7) is 5.23. The minimum absolute atomic E-state index is 0.0100. The lowest BCUT2D eigenvalue weighted by atomic mass is 9.86. The number of carbonyl (C=O) groups is 3. The third-order valence-electron chi connectivity index (χ3n) is 6.71. The van der Waals surface area contributed by atoms with Crippen molar-refractivity contribution in [1.82, 2.24) is 9.80 Å². The van der Waals surface area contributed by atoms with E-state index in [2.05, 4.69) is 0 Å². The van der Waals surface area contributed by atoms with Gasteiger partial charge in [-0.05, 0) is 69.9 Å². The van der Waals surface area contributed by atoms with Gasteiger partial charge in [-0.15, -0.1) is 11.3 Å². The number of amides is 2. The summed E-state index contributed by atoms with van der Waals surface area (Å²) in [6.07, 6.45) is 7.25. The highest BCUT2D eigenvalue weighted by molar-refractivity contribution is 7.14. The van der Waals surface area contributed by atoms with E-state index in [0.717, 1.165) is 50.1 Å². The van der Waals surface area contributed by atoms with Crippen LogP contribution in [0, 0.1) is 11.8 Å². The molecule has 0 saturated carbocycles. The van der Waals surface area contributed by atoms with Crippen molar-refractivity contribution in [3.8, 4) is 0 Å². The zero-order chi connectivity index (χ0) is 21.1. The molecule has 2 fully saturated rings. The molecule has 2 saturated heterocycles. The molecule has 4 rings (SSSR count). The molecule has 0 radical (unpaired) electrons. The number of hydrogen-bond acceptors (Lipinski definition) is 5. The Morgan fingerprint density at radius 1 is 1.00 bits per heavy atom. The van der Waals surface area contributed by atoms with Gasteiger partial charge in [-0.2, -0.15) is 0 Å². The Hall–Kier alpha value is -1.89. The van der Waals surface area contributed by atoms with Crippen molar-refractivity contribution in [1.29, 1.82) is 0 Å². The van der Waals surface area contributed by atoms with Gasteiger partial charge in [0, 0.05) is 37.0 Å². The van der Waals surface area contributed by atoms with Gasteiger partial charge < -0.3 is 14.5 Å². The number of aryl methyl sites for hydroxylation is 1. The Morgan fingerprint density at radius 2 is 1.73 bits per heavy atom. The van der Waals surface area contributed by atoms with Crippen molar-refractivity contribution in [2.45, 2.75) is 58.3 Å². The Bertz CT molecular complexity index is 791. The second kappa shape index (κ2) is 9.50. The molecule has 7 heteroatoms. The van der Waals surface area contributed by atoms with Gasteiger partial charge in [-0.1, -0.05) is 0 Å². The molecule has 2 amide bonds. The first kappa shape index (κ1) is 21.3. The summed E-state index contributed by atoms with van der Waals surface area (Å²) in [5, 5.41) is 0. The molecule has 0 aromatic carbocycles. The van der Waals surface area contributed by atoms with Crippen molar-refractivity contribution in [2.24, 2.45) is 11.8 Å². The van der Waals surface area contributed by atoms with Crippen LogP contribution in [0.25, 0.3) is 0 Å². The first-order valence-corrected chi connectivity index (χ1v) is 12.2. The van der Waals surface area contributed by atoms with Crippen molar-refractivity contribution in [3.05, 3.63) is 21.4 Å². The lowest BCUT2D eigenvalue weighted by molar-refractivity contribution is -0.151. The number of ether oxygens (including phenoxy) is 1. The van der Waals surface area contributed by atoms with Gasteiger partial charge in [-0.3, -0.25) is 14.4 Å². The zero-order valence-electron chi connectivity index (χ0n) is 17.9. The number of fused-ring (bicyclic) bond motifs is 1. The fourth-order valence-corrected chi connectivity index (χ4v) is 6.12. The van der Waals surface area contributed by atoms with Crippen LogP contribution >= 0.6 is 11.3 Å². The summed E-state index contributed by atoms with van der Waals surface area (Å²) in [5.74, 6) is 0.156. The molecule has 0 N–H and O–H groups in total. The van der Waals surface area contributed by atoms with Gasteiger partial charge in [0.15, 0.2) is 0 Å². The van der Waals surface area contributed by atoms with Gasteiger partial charge in [0.1, 0.15) is 0 Å². The van der Waals surface area contributed by atoms with Crippen LogP contribution in [0.2, 0.25) is 0 Å². The second-order valence-electron chi connectivity index (χ2n) is 8.70. The van der Waals surface area contributed by atoms with Gasteiger partial charge in [0.2, 0.25) is 5.91 Å². The normalized spacial score (nSPS) is 22.5. The van der Waals surface area contributed by atoms with E-state index in [-0.39, 0.29) is 29.6 Å². The smallest absolute Gasteiger partial charge is 0.309 e. The second-order valence-corrected chi connectivity index (χ2v) is 9.84. The molecule has 3 aliphatic rings. The number of hydrogen-bond donors (Lipinski definition) is 0. The molecule has 1 aliphatic carbocycles. The van der Waals surface area contributed by atoms with Gasteiger partial charge in [-0.25, -0.2) is 0 Å². The minimum atomic E-state index is -0.129. The molecular formula is C23H32N2O4S. The molecule has 30 heavy (non-hydrogen) atoms. The molecule has 1 unspecified atom stereocenters. The van der Waals surface area contributed by atoms with Crippen molar-refractivity contribution < 1.29 is 19.1 Å². The molecule has 3 heterocycles. The molecule has 1 aromatic heterocycles. The molecule has 2 aliphatic heterocycles. The van der Waals surface area contributed by atoms with Crippen LogP contribution in [-0.4, -0.2) is 60.4 Å². The van der Waals surface area contributed by atoms with E-state index < -0.39 is 0 Å². The Kier molecular flexibility index (Phi) is 6.76. The monoisotopic (exact) mass is 432 g/mol. The number of carbonyl (C=O) groups excluding carboxylic acids is 3. The highest BCUT2D eigenvalue weighted by Crippen LogP contribution is 2.34. The summed E-state index contributed by atoms with van der Waals surface area (Å²) in [6, 6.07) is 2.05. The average molecular weight is 433 g/mol. The maximum absolute atomic E-state index is 13.1. The first-order valence-electron chi connectivity index (χ1n) is 11.4. The molecule has 1 aromatic rings. The van der Waals surface area contributed by atoms with Gasteiger partial charge >= 0.3 is 5.97 Å². The number of piperidine rings is 2. The Balaban J connectivity index is 1.34. The SMILES string of the molecule is CCOC(=O)C1CCN(C(=O)C2CCc3sc(C(=O)N4CCCCC4)cc3C2)CC1. The maximum Gasteiger partial charge on any atom is 0.309 e. The zero-order valence-corrected chi connectivity index (χ0v) is 18.7. The average Bonchev–Trinajstić information content (AvgIpc) is 3.22. The number of thiophene rings is 1. The Labute approximate surface area is 182 Å². The first-order chi connectivity index (χ1) is 14.6. The molecule has 6 nitrogen and oxygen atoms in total. The highest BCUT2D eigenvalue weighted by atomic mass is 32.1. The standard InChI is InChI=1S/C23H32N2O4S/c1-2-29-23(28)16-8-12-25(13-9-16)21(26)17-6-7-19-18(14-17)15-20(30-19)22(27)24-10-4-3-5-11-24/h15-17H,2-14H2,1H3. The van der Waals surface area contributed by atoms with Crippen molar-refractivity contribution >= 4 is 29.1 Å². The summed E-state index contributed by atoms with van der Waals surface area (Å²) >= 11 is 1.63. The number of likely N-dealkylation sites (tertiary alicyclic amines) is 2. The minimum Gasteiger partial charge on any atom is -0.466 e. The molecule has 164 valence electrons.